The molecule has 2 radical (unpaired) electrons. The average molecular weight is 653 g/mol. The Morgan fingerprint density at radius 3 is 2.48 bits per heavy atom. The molecule has 5 nitrogen and oxygen atoms in total. The van der Waals surface area contributed by atoms with Crippen LogP contribution in [-0.2, 0) is 52.8 Å². The Morgan fingerprint density at radius 1 is 0.931 bits per heavy atom. The smallest absolute Gasteiger partial charge is 0.205 e. The molecular weight excluding hydrogens is 635 g/mol. The van der Waals surface area contributed by atoms with Gasteiger partial charge in [-0.15, -0.1) is 24.3 Å². The van der Waals surface area contributed by atoms with Crippen LogP contribution in [0, 0.1) is 13.5 Å². The van der Waals surface area contributed by atoms with Gasteiger partial charge in [0.1, 0.15) is 0 Å². The molecule has 0 amide bonds. The van der Waals surface area contributed by atoms with Crippen LogP contribution in [0.1, 0.15) is 24.8 Å². The van der Waals surface area contributed by atoms with Crippen molar-refractivity contribution < 1.29 is 52.8 Å². The summed E-state index contributed by atoms with van der Waals surface area (Å²) >= 11 is 1.66. The molecule has 0 fully saturated rings. The van der Waals surface area contributed by atoms with Crippen LogP contribution in [0.4, 0.5) is 0 Å². The van der Waals surface area contributed by atoms with E-state index in [0.717, 1.165) is 48.8 Å². The molecule has 0 saturated heterocycles. The Morgan fingerprint density at radius 2 is 1.69 bits per heavy atom. The third-order valence-corrected chi connectivity index (χ3v) is 6.01. The van der Waals surface area contributed by atoms with E-state index in [1.54, 1.807) is 11.3 Å². The van der Waals surface area contributed by atoms with E-state index in [0.29, 0.717) is 5.92 Å². The second-order valence-corrected chi connectivity index (χ2v) is 7.78. The summed E-state index contributed by atoms with van der Waals surface area (Å²) in [5.74, 6) is 1.23. The average Bonchev–Trinajstić information content (AvgIpc) is 3.31. The van der Waals surface area contributed by atoms with E-state index in [1.165, 1.54) is 0 Å². The van der Waals surface area contributed by atoms with Crippen molar-refractivity contribution in [2.45, 2.75) is 19.8 Å². The molecule has 0 N–H and O–H groups in total. The number of aromatic nitrogens is 5. The van der Waals surface area contributed by atoms with Crippen LogP contribution in [0.5, 0.6) is 0 Å². The Bertz CT molecular complexity index is 1480. The van der Waals surface area contributed by atoms with E-state index in [4.69, 9.17) is 15.0 Å². The molecule has 0 saturated carbocycles. The number of para-hydroxylation sites is 2. The van der Waals surface area contributed by atoms with E-state index in [-0.39, 0.29) is 60.2 Å². The molecule has 4 aromatic heterocycles. The number of benzene rings is 2. The molecule has 29 heavy (non-hydrogen) atoms. The van der Waals surface area contributed by atoms with Gasteiger partial charge >= 0.3 is 0 Å². The van der Waals surface area contributed by atoms with Gasteiger partial charge < -0.3 is 11.8 Å². The van der Waals surface area contributed by atoms with Gasteiger partial charge in [0, 0.05) is 58.7 Å². The van der Waals surface area contributed by atoms with Crippen LogP contribution in [0.3, 0.4) is 0 Å². The minimum Gasteiger partial charge on any atom is -0.358 e. The molecule has 6 rings (SSSR count). The summed E-state index contributed by atoms with van der Waals surface area (Å²) in [4.78, 5) is 15.6. The molecule has 4 heterocycles. The Kier molecular flexibility index (Phi) is 6.29. The third kappa shape index (κ3) is 3.10. The molecule has 0 bridgehead atoms. The summed E-state index contributed by atoms with van der Waals surface area (Å²) in [7, 11) is 0. The van der Waals surface area contributed by atoms with E-state index >= 15 is 0 Å². The van der Waals surface area contributed by atoms with E-state index < -0.39 is 0 Å². The van der Waals surface area contributed by atoms with E-state index in [9.17, 15) is 0 Å². The van der Waals surface area contributed by atoms with Gasteiger partial charge in [-0.25, -0.2) is 9.97 Å². The first-order chi connectivity index (χ1) is 12.7. The minimum atomic E-state index is 0. The van der Waals surface area contributed by atoms with Crippen molar-refractivity contribution in [1.82, 2.24) is 23.8 Å². The van der Waals surface area contributed by atoms with Crippen molar-refractivity contribution in [1.29, 1.82) is 0 Å². The molecule has 0 aliphatic heterocycles. The van der Waals surface area contributed by atoms with Gasteiger partial charge in [0.25, 0.3) is 0 Å². The third-order valence-electron chi connectivity index (χ3n) is 4.78. The molecule has 0 spiro atoms. The van der Waals surface area contributed by atoms with E-state index in [2.05, 4.69) is 40.8 Å². The van der Waals surface area contributed by atoms with Gasteiger partial charge in [0.05, 0.1) is 21.7 Å². The first kappa shape index (κ1) is 22.4. The topological polar surface area (TPSA) is 47.5 Å². The first-order valence-electron chi connectivity index (χ1n) is 8.61. The predicted molar refractivity (Wildman–Crippen MR) is 111 cm³/mol. The van der Waals surface area contributed by atoms with Gasteiger partial charge in [-0.3, -0.25) is 9.38 Å². The van der Waals surface area contributed by atoms with Crippen molar-refractivity contribution in [2.75, 3.05) is 0 Å². The van der Waals surface area contributed by atoms with Crippen LogP contribution < -0.4 is 0 Å². The van der Waals surface area contributed by atoms with Crippen molar-refractivity contribution in [3.63, 3.8) is 0 Å². The Labute approximate surface area is 210 Å². The number of hydrogen-bond donors (Lipinski definition) is 0. The fourth-order valence-electron chi connectivity index (χ4n) is 3.58. The zero-order valence-electron chi connectivity index (χ0n) is 16.2. The zero-order valence-corrected chi connectivity index (χ0v) is 22.2. The standard InChI is InChI=1S/C20H14N5S.CH3.Ir.Y/c1-11(2)18-23-17-19(26-18)22-16-12-7-3-5-9-14(12)24-15-10-6-4-8-13(15)21-20(24)25(16)17;;;/h3-6,8-11H,1-2H3;1H3;;/q2*-1;;. The molecule has 2 aromatic carbocycles. The van der Waals surface area contributed by atoms with Crippen LogP contribution in [0.25, 0.3) is 43.8 Å². The normalized spacial score (nSPS) is 11.3. The van der Waals surface area contributed by atoms with Gasteiger partial charge in [-0.2, -0.15) is 0 Å². The molecule has 0 aliphatic rings. The monoisotopic (exact) mass is 653 g/mol. The van der Waals surface area contributed by atoms with Gasteiger partial charge in [0.15, 0.2) is 10.5 Å². The fraction of sp³-hybridized carbons (Fsp3) is 0.143. The van der Waals surface area contributed by atoms with Gasteiger partial charge in [-0.05, 0) is 17.6 Å². The molecule has 6 aromatic rings. The maximum Gasteiger partial charge on any atom is 0.205 e. The first-order valence-corrected chi connectivity index (χ1v) is 9.42. The number of rotatable bonds is 1. The Balaban J connectivity index is 0.000000801. The quantitative estimate of drug-likeness (QED) is 0.228. The van der Waals surface area contributed by atoms with Gasteiger partial charge in [0.2, 0.25) is 5.78 Å². The molecule has 0 aliphatic carbocycles. The van der Waals surface area contributed by atoms with Crippen LogP contribution >= 0.6 is 11.3 Å². The molecular formula is C21H17IrN5SY-2. The second-order valence-electron chi connectivity index (χ2n) is 6.77. The zero-order chi connectivity index (χ0) is 17.4. The number of thiazole rings is 1. The summed E-state index contributed by atoms with van der Waals surface area (Å²) < 4.78 is 4.26. The largest absolute Gasteiger partial charge is 0.358 e. The van der Waals surface area contributed by atoms with E-state index in [1.807, 2.05) is 30.3 Å². The summed E-state index contributed by atoms with van der Waals surface area (Å²) in [6.45, 7) is 4.32. The second kappa shape index (κ2) is 8.12. The van der Waals surface area contributed by atoms with Crippen molar-refractivity contribution in [2.24, 2.45) is 0 Å². The summed E-state index contributed by atoms with van der Waals surface area (Å²) in [6, 6.07) is 17.6. The summed E-state index contributed by atoms with van der Waals surface area (Å²) in [5.41, 5.74) is 4.85. The predicted octanol–water partition coefficient (Wildman–Crippen LogP) is 5.27. The van der Waals surface area contributed by atoms with Crippen molar-refractivity contribution >= 4 is 55.2 Å². The van der Waals surface area contributed by atoms with Gasteiger partial charge in [-0.1, -0.05) is 42.7 Å². The maximum absolute atomic E-state index is 4.91. The van der Waals surface area contributed by atoms with Crippen LogP contribution in [0.2, 0.25) is 0 Å². The number of hydrogen-bond acceptors (Lipinski definition) is 4. The summed E-state index contributed by atoms with van der Waals surface area (Å²) in [6.07, 6.45) is 0. The maximum atomic E-state index is 4.91. The number of nitrogens with zero attached hydrogens (tertiary/aromatic N) is 5. The van der Waals surface area contributed by atoms with Crippen molar-refractivity contribution in [3.8, 4) is 0 Å². The SMILES string of the molecule is CC(C)c1nc2c(nc3c4[c-]cccc4n4c5ccccc5nc4n23)s1.[CH3-].[Ir].[Y]. The number of fused-ring (bicyclic) bond motifs is 10. The molecule has 0 unspecified atom stereocenters. The van der Waals surface area contributed by atoms with Crippen LogP contribution in [-0.4, -0.2) is 23.8 Å². The van der Waals surface area contributed by atoms with Crippen molar-refractivity contribution in [3.05, 3.63) is 61.0 Å². The molecule has 8 heteroatoms. The molecule has 0 atom stereocenters. The van der Waals surface area contributed by atoms with Crippen LogP contribution in [0.15, 0.2) is 42.5 Å². The minimum absolute atomic E-state index is 0. The molecule has 146 valence electrons. The Hall–Kier alpha value is -1.24. The summed E-state index contributed by atoms with van der Waals surface area (Å²) in [5, 5.41) is 2.09. The fourth-order valence-corrected chi connectivity index (χ4v) is 4.51. The number of imidazole rings is 2.